The number of halogens is 2. The van der Waals surface area contributed by atoms with E-state index in [9.17, 15) is 8.78 Å². The lowest BCUT2D eigenvalue weighted by Gasteiger charge is -2.33. The maximum absolute atomic E-state index is 13.8. The van der Waals surface area contributed by atoms with Gasteiger partial charge in [-0.3, -0.25) is 0 Å². The molecule has 0 bridgehead atoms. The molecule has 1 spiro atoms. The summed E-state index contributed by atoms with van der Waals surface area (Å²) >= 11 is 0. The molecule has 116 valence electrons. The predicted octanol–water partition coefficient (Wildman–Crippen LogP) is 4.57. The van der Waals surface area contributed by atoms with E-state index in [0.29, 0.717) is 12.1 Å². The van der Waals surface area contributed by atoms with E-state index >= 15 is 0 Å². The molecule has 0 amide bonds. The van der Waals surface area contributed by atoms with Crippen molar-refractivity contribution < 1.29 is 13.5 Å². The van der Waals surface area contributed by atoms with Crippen LogP contribution < -0.4 is 5.32 Å². The van der Waals surface area contributed by atoms with Gasteiger partial charge in [-0.2, -0.15) is 0 Å². The molecule has 1 aliphatic carbocycles. The van der Waals surface area contributed by atoms with Crippen molar-refractivity contribution in [3.63, 3.8) is 0 Å². The highest BCUT2D eigenvalue weighted by molar-refractivity contribution is 5.47. The van der Waals surface area contributed by atoms with Gasteiger partial charge in [0, 0.05) is 12.6 Å². The molecule has 2 nitrogen and oxygen atoms in total. The van der Waals surface area contributed by atoms with Crippen molar-refractivity contribution in [3.8, 4) is 0 Å². The Morgan fingerprint density at radius 1 is 1.14 bits per heavy atom. The molecular weight excluding hydrogens is 272 g/mol. The quantitative estimate of drug-likeness (QED) is 0.882. The van der Waals surface area contributed by atoms with E-state index in [0.717, 1.165) is 25.7 Å². The zero-order chi connectivity index (χ0) is 14.9. The van der Waals surface area contributed by atoms with Crippen LogP contribution in [0.15, 0.2) is 12.1 Å². The molecule has 1 saturated carbocycles. The summed E-state index contributed by atoms with van der Waals surface area (Å²) < 4.78 is 33.5. The Bertz CT molecular complexity index is 512. The molecule has 3 rings (SSSR count). The summed E-state index contributed by atoms with van der Waals surface area (Å²) in [5.74, 6) is -0.783. The zero-order valence-corrected chi connectivity index (χ0v) is 12.6. The molecule has 1 heterocycles. The third kappa shape index (κ3) is 3.20. The first-order valence-corrected chi connectivity index (χ1v) is 7.95. The summed E-state index contributed by atoms with van der Waals surface area (Å²) in [6, 6.07) is 2.46. The highest BCUT2D eigenvalue weighted by Gasteiger charge is 2.40. The normalized spacial score (nSPS) is 24.4. The van der Waals surface area contributed by atoms with E-state index in [4.69, 9.17) is 4.74 Å². The summed E-state index contributed by atoms with van der Waals surface area (Å²) in [6.45, 7) is 2.11. The van der Waals surface area contributed by atoms with Crippen molar-refractivity contribution in [3.05, 3.63) is 29.3 Å². The third-order valence-corrected chi connectivity index (χ3v) is 4.87. The van der Waals surface area contributed by atoms with Crippen molar-refractivity contribution in [2.45, 2.75) is 63.6 Å². The van der Waals surface area contributed by atoms with Gasteiger partial charge in [0.05, 0.1) is 17.4 Å². The Morgan fingerprint density at radius 2 is 1.90 bits per heavy atom. The van der Waals surface area contributed by atoms with Gasteiger partial charge < -0.3 is 10.1 Å². The van der Waals surface area contributed by atoms with Crippen LogP contribution in [0, 0.1) is 18.6 Å². The van der Waals surface area contributed by atoms with Crippen LogP contribution in [0.3, 0.4) is 0 Å². The number of nitrogens with one attached hydrogen (secondary N) is 1. The van der Waals surface area contributed by atoms with E-state index in [1.165, 1.54) is 31.4 Å². The minimum atomic E-state index is -0.403. The van der Waals surface area contributed by atoms with Crippen LogP contribution in [-0.2, 0) is 4.74 Å². The van der Waals surface area contributed by atoms with Crippen molar-refractivity contribution in [1.82, 2.24) is 0 Å². The molecule has 1 aliphatic heterocycles. The molecule has 4 heteroatoms. The Morgan fingerprint density at radius 3 is 2.67 bits per heavy atom. The summed E-state index contributed by atoms with van der Waals surface area (Å²) in [5, 5.41) is 3.00. The average Bonchev–Trinajstić information content (AvgIpc) is 2.85. The van der Waals surface area contributed by atoms with Gasteiger partial charge in [0.1, 0.15) is 11.6 Å². The average molecular weight is 295 g/mol. The van der Waals surface area contributed by atoms with Gasteiger partial charge in [-0.05, 0) is 44.2 Å². The van der Waals surface area contributed by atoms with E-state index in [1.807, 2.05) is 0 Å². The standard InChI is InChI=1S/C17H23F2NO/c1-12-9-15(19)16(10-14(12)18)20-11-13-5-8-17(21-13)6-3-2-4-7-17/h9-10,13,20H,2-8,11H2,1H3. The fourth-order valence-electron chi connectivity index (χ4n) is 3.61. The maximum Gasteiger partial charge on any atom is 0.146 e. The molecule has 2 fully saturated rings. The van der Waals surface area contributed by atoms with Crippen molar-refractivity contribution in [2.24, 2.45) is 0 Å². The summed E-state index contributed by atoms with van der Waals surface area (Å²) in [4.78, 5) is 0. The number of rotatable bonds is 3. The lowest BCUT2D eigenvalue weighted by atomic mass is 9.83. The molecule has 1 N–H and O–H groups in total. The van der Waals surface area contributed by atoms with Gasteiger partial charge in [0.2, 0.25) is 0 Å². The highest BCUT2D eigenvalue weighted by atomic mass is 19.1. The van der Waals surface area contributed by atoms with Crippen molar-refractivity contribution in [2.75, 3.05) is 11.9 Å². The molecule has 1 atom stereocenters. The predicted molar refractivity (Wildman–Crippen MR) is 79.5 cm³/mol. The van der Waals surface area contributed by atoms with Crippen LogP contribution in [0.25, 0.3) is 0 Å². The second kappa shape index (κ2) is 5.91. The summed E-state index contributed by atoms with van der Waals surface area (Å²) in [5.41, 5.74) is 0.629. The topological polar surface area (TPSA) is 21.3 Å². The van der Waals surface area contributed by atoms with Gasteiger partial charge in [0.15, 0.2) is 0 Å². The van der Waals surface area contributed by atoms with E-state index < -0.39 is 5.82 Å². The minimum absolute atomic E-state index is 0.0711. The highest BCUT2D eigenvalue weighted by Crippen LogP contribution is 2.41. The Labute approximate surface area is 124 Å². The van der Waals surface area contributed by atoms with Gasteiger partial charge in [0.25, 0.3) is 0 Å². The van der Waals surface area contributed by atoms with Gasteiger partial charge in [-0.1, -0.05) is 19.3 Å². The molecule has 1 aromatic rings. The van der Waals surface area contributed by atoms with Crippen LogP contribution in [-0.4, -0.2) is 18.2 Å². The molecule has 21 heavy (non-hydrogen) atoms. The van der Waals surface area contributed by atoms with Crippen molar-refractivity contribution >= 4 is 5.69 Å². The lowest BCUT2D eigenvalue weighted by Crippen LogP contribution is -2.33. The lowest BCUT2D eigenvalue weighted by molar-refractivity contribution is -0.0588. The number of hydrogen-bond donors (Lipinski definition) is 1. The fraction of sp³-hybridized carbons (Fsp3) is 0.647. The summed E-state index contributed by atoms with van der Waals surface area (Å²) in [6.07, 6.45) is 8.31. The first kappa shape index (κ1) is 14.8. The third-order valence-electron chi connectivity index (χ3n) is 4.87. The van der Waals surface area contributed by atoms with E-state index in [2.05, 4.69) is 5.32 Å². The molecule has 0 aromatic heterocycles. The van der Waals surface area contributed by atoms with Crippen LogP contribution in [0.1, 0.15) is 50.5 Å². The van der Waals surface area contributed by atoms with E-state index in [1.54, 1.807) is 6.92 Å². The smallest absolute Gasteiger partial charge is 0.146 e. The van der Waals surface area contributed by atoms with E-state index in [-0.39, 0.29) is 23.2 Å². The molecule has 2 aliphatic rings. The Hall–Kier alpha value is -1.16. The SMILES string of the molecule is Cc1cc(F)c(NCC2CCC3(CCCCC3)O2)cc1F. The minimum Gasteiger partial charge on any atom is -0.380 e. The second-order valence-electron chi connectivity index (χ2n) is 6.48. The van der Waals surface area contributed by atoms with Gasteiger partial charge in [-0.25, -0.2) is 8.78 Å². The molecule has 1 saturated heterocycles. The van der Waals surface area contributed by atoms with Crippen LogP contribution in [0.5, 0.6) is 0 Å². The number of aryl methyl sites for hydroxylation is 1. The van der Waals surface area contributed by atoms with Crippen LogP contribution >= 0.6 is 0 Å². The Kier molecular flexibility index (Phi) is 4.16. The van der Waals surface area contributed by atoms with Crippen LogP contribution in [0.2, 0.25) is 0 Å². The zero-order valence-electron chi connectivity index (χ0n) is 12.6. The maximum atomic E-state index is 13.8. The number of anilines is 1. The molecule has 1 aromatic carbocycles. The second-order valence-corrected chi connectivity index (χ2v) is 6.48. The van der Waals surface area contributed by atoms with Crippen molar-refractivity contribution in [1.29, 1.82) is 0 Å². The molecule has 0 radical (unpaired) electrons. The number of ether oxygens (including phenoxy) is 1. The monoisotopic (exact) mass is 295 g/mol. The molecular formula is C17H23F2NO. The fourth-order valence-corrected chi connectivity index (χ4v) is 3.61. The summed E-state index contributed by atoms with van der Waals surface area (Å²) in [7, 11) is 0. The number of benzene rings is 1. The molecule has 1 unspecified atom stereocenters. The Balaban J connectivity index is 1.58. The number of hydrogen-bond acceptors (Lipinski definition) is 2. The van der Waals surface area contributed by atoms with Gasteiger partial charge in [-0.15, -0.1) is 0 Å². The van der Waals surface area contributed by atoms with Crippen LogP contribution in [0.4, 0.5) is 14.5 Å². The first-order valence-electron chi connectivity index (χ1n) is 7.95. The first-order chi connectivity index (χ1) is 10.1. The van der Waals surface area contributed by atoms with Gasteiger partial charge >= 0.3 is 0 Å². The largest absolute Gasteiger partial charge is 0.380 e.